The van der Waals surface area contributed by atoms with Crippen LogP contribution in [0.5, 0.6) is 5.75 Å². The molecule has 160 valence electrons. The Balaban J connectivity index is 2.00. The van der Waals surface area contributed by atoms with Gasteiger partial charge in [0.05, 0.1) is 28.3 Å². The maximum absolute atomic E-state index is 12.4. The highest BCUT2D eigenvalue weighted by Crippen LogP contribution is 2.37. The number of carbonyl (C=O) groups excluding carboxylic acids is 1. The first kappa shape index (κ1) is 21.9. The number of nitrogens with one attached hydrogen (secondary N) is 1. The minimum absolute atomic E-state index is 0.0624. The zero-order valence-corrected chi connectivity index (χ0v) is 18.3. The summed E-state index contributed by atoms with van der Waals surface area (Å²) in [6.07, 6.45) is 1.32. The predicted octanol–water partition coefficient (Wildman–Crippen LogP) is 3.05. The van der Waals surface area contributed by atoms with Gasteiger partial charge in [-0.25, -0.2) is 23.2 Å². The molecule has 2 N–H and O–H groups in total. The number of esters is 1. The molecule has 3 aromatic rings. The lowest BCUT2D eigenvalue weighted by atomic mass is 10.2. The van der Waals surface area contributed by atoms with E-state index in [1.165, 1.54) is 43.0 Å². The van der Waals surface area contributed by atoms with E-state index in [2.05, 4.69) is 15.3 Å². The number of carbonyl (C=O) groups is 1. The van der Waals surface area contributed by atoms with Crippen LogP contribution < -0.4 is 5.32 Å². The molecule has 30 heavy (non-hydrogen) atoms. The average molecular weight is 452 g/mol. The average Bonchev–Trinajstić information content (AvgIpc) is 3.07. The van der Waals surface area contributed by atoms with Crippen LogP contribution in [-0.2, 0) is 19.3 Å². The van der Waals surface area contributed by atoms with Gasteiger partial charge in [0.1, 0.15) is 34.2 Å². The molecular formula is C19H21N3O6S2. The van der Waals surface area contributed by atoms with Crippen LogP contribution in [0.4, 0.5) is 11.5 Å². The molecule has 1 aromatic carbocycles. The van der Waals surface area contributed by atoms with Gasteiger partial charge in [-0.2, -0.15) is 0 Å². The largest absolute Gasteiger partial charge is 0.506 e. The molecule has 0 saturated heterocycles. The lowest BCUT2D eigenvalue weighted by Crippen LogP contribution is -2.09. The minimum atomic E-state index is -3.45. The van der Waals surface area contributed by atoms with Gasteiger partial charge in [-0.05, 0) is 30.7 Å². The summed E-state index contributed by atoms with van der Waals surface area (Å²) in [4.78, 5) is 21.8. The molecule has 0 amide bonds. The van der Waals surface area contributed by atoms with Gasteiger partial charge >= 0.3 is 5.97 Å². The molecule has 0 spiro atoms. The molecule has 0 bridgehead atoms. The summed E-state index contributed by atoms with van der Waals surface area (Å²) < 4.78 is 34.4. The number of nitrogens with zero attached hydrogens (tertiary/aromatic N) is 2. The second-order valence-electron chi connectivity index (χ2n) is 6.29. The highest BCUT2D eigenvalue weighted by Gasteiger charge is 2.21. The van der Waals surface area contributed by atoms with Crippen molar-refractivity contribution in [1.82, 2.24) is 9.97 Å². The number of hydrogen-bond acceptors (Lipinski definition) is 10. The number of rotatable bonds is 8. The normalized spacial score (nSPS) is 11.6. The van der Waals surface area contributed by atoms with Crippen molar-refractivity contribution in [2.24, 2.45) is 0 Å². The monoisotopic (exact) mass is 451 g/mol. The number of aryl methyl sites for hydroxylation is 1. The summed E-state index contributed by atoms with van der Waals surface area (Å²) in [7, 11) is -1.94. The fourth-order valence-electron chi connectivity index (χ4n) is 2.75. The molecule has 0 radical (unpaired) electrons. The third-order valence-corrected chi connectivity index (χ3v) is 7.31. The van der Waals surface area contributed by atoms with Crippen LogP contribution in [0.15, 0.2) is 29.4 Å². The van der Waals surface area contributed by atoms with E-state index in [9.17, 15) is 18.3 Å². The summed E-state index contributed by atoms with van der Waals surface area (Å²) in [6, 6.07) is 4.00. The third kappa shape index (κ3) is 4.37. The van der Waals surface area contributed by atoms with Gasteiger partial charge in [0, 0.05) is 7.11 Å². The summed E-state index contributed by atoms with van der Waals surface area (Å²) in [5.74, 6) is -0.347. The van der Waals surface area contributed by atoms with Crippen LogP contribution in [0.3, 0.4) is 0 Å². The van der Waals surface area contributed by atoms with E-state index in [0.29, 0.717) is 33.1 Å². The van der Waals surface area contributed by atoms with E-state index in [0.717, 1.165) is 0 Å². The number of methoxy groups -OCH3 is 1. The van der Waals surface area contributed by atoms with E-state index in [1.54, 1.807) is 13.8 Å². The fraction of sp³-hybridized carbons (Fsp3) is 0.316. The Morgan fingerprint density at radius 1 is 1.27 bits per heavy atom. The van der Waals surface area contributed by atoms with Crippen LogP contribution in [0, 0.1) is 6.92 Å². The van der Waals surface area contributed by atoms with Crippen molar-refractivity contribution in [3.8, 4) is 5.75 Å². The van der Waals surface area contributed by atoms with Crippen LogP contribution >= 0.6 is 11.3 Å². The molecule has 0 fully saturated rings. The number of benzene rings is 1. The minimum Gasteiger partial charge on any atom is -0.506 e. The Morgan fingerprint density at radius 2 is 2.03 bits per heavy atom. The Labute approximate surface area is 177 Å². The Morgan fingerprint density at radius 3 is 2.73 bits per heavy atom. The van der Waals surface area contributed by atoms with E-state index < -0.39 is 15.8 Å². The van der Waals surface area contributed by atoms with Gasteiger partial charge in [-0.15, -0.1) is 11.3 Å². The van der Waals surface area contributed by atoms with Crippen molar-refractivity contribution >= 4 is 48.9 Å². The number of phenolic OH excluding ortho intramolecular Hbond substituents is 1. The molecule has 11 heteroatoms. The van der Waals surface area contributed by atoms with Crippen LogP contribution in [0.25, 0.3) is 10.2 Å². The van der Waals surface area contributed by atoms with Crippen LogP contribution in [-0.4, -0.2) is 55.5 Å². The molecule has 2 aromatic heterocycles. The van der Waals surface area contributed by atoms with Gasteiger partial charge in [-0.3, -0.25) is 0 Å². The summed E-state index contributed by atoms with van der Waals surface area (Å²) in [5, 5.41) is 13.8. The second kappa shape index (κ2) is 8.94. The molecule has 0 aliphatic carbocycles. The van der Waals surface area contributed by atoms with Crippen LogP contribution in [0.2, 0.25) is 0 Å². The van der Waals surface area contributed by atoms with Crippen molar-refractivity contribution in [1.29, 1.82) is 0 Å². The molecule has 0 aliphatic heterocycles. The quantitative estimate of drug-likeness (QED) is 0.302. The van der Waals surface area contributed by atoms with Gasteiger partial charge in [0.25, 0.3) is 0 Å². The maximum Gasteiger partial charge on any atom is 0.348 e. The second-order valence-corrected chi connectivity index (χ2v) is 9.57. The third-order valence-electron chi connectivity index (χ3n) is 4.39. The number of phenols is 1. The van der Waals surface area contributed by atoms with Crippen molar-refractivity contribution in [3.05, 3.63) is 35.0 Å². The molecule has 0 atom stereocenters. The van der Waals surface area contributed by atoms with Gasteiger partial charge in [0.2, 0.25) is 0 Å². The molecule has 3 rings (SSSR count). The first-order valence-corrected chi connectivity index (χ1v) is 11.5. The predicted molar refractivity (Wildman–Crippen MR) is 113 cm³/mol. The summed E-state index contributed by atoms with van der Waals surface area (Å²) >= 11 is 1.17. The van der Waals surface area contributed by atoms with E-state index in [-0.39, 0.29) is 28.7 Å². The number of fused-ring (bicyclic) bond motifs is 1. The summed E-state index contributed by atoms with van der Waals surface area (Å²) in [6.45, 7) is 3.72. The fourth-order valence-corrected chi connectivity index (χ4v) is 4.70. The van der Waals surface area contributed by atoms with E-state index in [1.807, 2.05) is 0 Å². The Hall–Kier alpha value is -2.76. The number of aromatic hydroxyl groups is 1. The lowest BCUT2D eigenvalue weighted by molar-refractivity contribution is 0.0393. The molecular weight excluding hydrogens is 430 g/mol. The van der Waals surface area contributed by atoms with Gasteiger partial charge in [-0.1, -0.05) is 6.92 Å². The first-order chi connectivity index (χ1) is 14.3. The number of hydrogen-bond donors (Lipinski definition) is 2. The molecule has 2 heterocycles. The van der Waals surface area contributed by atoms with Crippen molar-refractivity contribution < 1.29 is 27.8 Å². The number of sulfone groups is 1. The van der Waals surface area contributed by atoms with Gasteiger partial charge in [0.15, 0.2) is 9.84 Å². The molecule has 9 nitrogen and oxygen atoms in total. The Bertz CT molecular complexity index is 1190. The highest BCUT2D eigenvalue weighted by atomic mass is 32.2. The maximum atomic E-state index is 12.4. The topological polar surface area (TPSA) is 128 Å². The summed E-state index contributed by atoms with van der Waals surface area (Å²) in [5.41, 5.74) is 0.802. The zero-order valence-electron chi connectivity index (χ0n) is 16.6. The lowest BCUT2D eigenvalue weighted by Gasteiger charge is -2.11. The van der Waals surface area contributed by atoms with Crippen LogP contribution in [0.1, 0.15) is 22.2 Å². The highest BCUT2D eigenvalue weighted by molar-refractivity contribution is 7.91. The zero-order chi connectivity index (χ0) is 21.9. The van der Waals surface area contributed by atoms with Gasteiger partial charge < -0.3 is 19.9 Å². The molecule has 0 saturated carbocycles. The van der Waals surface area contributed by atoms with Crippen molar-refractivity contribution in [2.45, 2.75) is 18.7 Å². The number of anilines is 2. The van der Waals surface area contributed by atoms with Crippen molar-refractivity contribution in [2.75, 3.05) is 31.4 Å². The van der Waals surface area contributed by atoms with E-state index in [4.69, 9.17) is 9.47 Å². The molecule has 0 aliphatic rings. The molecule has 0 unspecified atom stereocenters. The standard InChI is InChI=1S/C19H21N3O6S2/c1-4-30(25,26)12-5-6-14(23)13(9-12)22-17-15-11(2)16(19(24)28-8-7-27-3)29-18(15)21-10-20-17/h5-6,9-10,23H,4,7-8H2,1-3H3,(H,20,21,22). The Kier molecular flexibility index (Phi) is 6.54. The number of thiophene rings is 1. The number of aromatic nitrogens is 2. The first-order valence-electron chi connectivity index (χ1n) is 9.01. The van der Waals surface area contributed by atoms with E-state index >= 15 is 0 Å². The van der Waals surface area contributed by atoms with Crippen molar-refractivity contribution in [3.63, 3.8) is 0 Å². The SMILES string of the molecule is CCS(=O)(=O)c1ccc(O)c(Nc2ncnc3sc(C(=O)OCCOC)c(C)c23)c1. The number of ether oxygens (including phenoxy) is 2. The smallest absolute Gasteiger partial charge is 0.348 e.